The van der Waals surface area contributed by atoms with Gasteiger partial charge in [-0.15, -0.1) is 0 Å². The SMILES string of the molecule is Cc1nc(C(Cc2ccccn2)NC(=O)c2cc3ccccc3[nH]2)n(C)c1-c1ccc(-n2ccnc2)cc1. The summed E-state index contributed by atoms with van der Waals surface area (Å²) in [4.78, 5) is 30.2. The number of carbonyl (C=O) groups excluding carboxylic acids is 1. The van der Waals surface area contributed by atoms with Crippen molar-refractivity contribution in [2.24, 2.45) is 7.05 Å². The number of rotatable bonds is 7. The van der Waals surface area contributed by atoms with Crippen molar-refractivity contribution in [3.05, 3.63) is 121 Å². The number of aromatic amines is 1. The van der Waals surface area contributed by atoms with Gasteiger partial charge in [0, 0.05) is 59.9 Å². The number of pyridine rings is 1. The summed E-state index contributed by atoms with van der Waals surface area (Å²) >= 11 is 0. The Hall–Kier alpha value is -4.98. The van der Waals surface area contributed by atoms with E-state index in [0.717, 1.165) is 45.1 Å². The van der Waals surface area contributed by atoms with E-state index in [1.807, 2.05) is 73.3 Å². The largest absolute Gasteiger partial charge is 0.351 e. The van der Waals surface area contributed by atoms with Crippen LogP contribution in [0.3, 0.4) is 0 Å². The molecule has 8 heteroatoms. The van der Waals surface area contributed by atoms with E-state index in [4.69, 9.17) is 4.98 Å². The third-order valence-corrected chi connectivity index (χ3v) is 6.78. The van der Waals surface area contributed by atoms with Gasteiger partial charge in [-0.3, -0.25) is 9.78 Å². The summed E-state index contributed by atoms with van der Waals surface area (Å²) in [7, 11) is 2.00. The summed E-state index contributed by atoms with van der Waals surface area (Å²) < 4.78 is 4.04. The Bertz CT molecular complexity index is 1660. The molecule has 1 amide bonds. The van der Waals surface area contributed by atoms with Crippen molar-refractivity contribution in [3.63, 3.8) is 0 Å². The number of nitrogens with one attached hydrogen (secondary N) is 2. The van der Waals surface area contributed by atoms with Gasteiger partial charge in [0.25, 0.3) is 5.91 Å². The molecule has 6 rings (SSSR count). The van der Waals surface area contributed by atoms with Crippen molar-refractivity contribution < 1.29 is 4.79 Å². The average Bonchev–Trinajstić information content (AvgIpc) is 3.68. The minimum atomic E-state index is -0.383. The molecular weight excluding hydrogens is 474 g/mol. The van der Waals surface area contributed by atoms with Gasteiger partial charge in [-0.05, 0) is 43.3 Å². The molecular formula is C30H27N7O. The number of imidazole rings is 2. The molecule has 4 aromatic heterocycles. The summed E-state index contributed by atoms with van der Waals surface area (Å²) in [5.74, 6) is 0.584. The molecule has 0 aliphatic heterocycles. The van der Waals surface area contributed by atoms with Crippen molar-refractivity contribution in [1.82, 2.24) is 34.4 Å². The van der Waals surface area contributed by atoms with E-state index in [0.29, 0.717) is 12.1 Å². The van der Waals surface area contributed by atoms with Gasteiger partial charge in [-0.25, -0.2) is 9.97 Å². The van der Waals surface area contributed by atoms with Crippen LogP contribution in [0.15, 0.2) is 97.7 Å². The Labute approximate surface area is 220 Å². The van der Waals surface area contributed by atoms with Gasteiger partial charge < -0.3 is 19.4 Å². The van der Waals surface area contributed by atoms with E-state index < -0.39 is 0 Å². The first kappa shape index (κ1) is 23.4. The molecule has 0 spiro atoms. The first-order valence-corrected chi connectivity index (χ1v) is 12.5. The van der Waals surface area contributed by atoms with Crippen molar-refractivity contribution in [2.75, 3.05) is 0 Å². The Morgan fingerprint density at radius 3 is 2.58 bits per heavy atom. The molecule has 4 heterocycles. The fourth-order valence-corrected chi connectivity index (χ4v) is 4.94. The molecule has 2 N–H and O–H groups in total. The number of hydrogen-bond donors (Lipinski definition) is 2. The Kier molecular flexibility index (Phi) is 6.05. The highest BCUT2D eigenvalue weighted by Gasteiger charge is 2.25. The van der Waals surface area contributed by atoms with E-state index in [1.165, 1.54) is 0 Å². The number of nitrogens with zero attached hydrogens (tertiary/aromatic N) is 5. The summed E-state index contributed by atoms with van der Waals surface area (Å²) in [5, 5.41) is 4.21. The third-order valence-electron chi connectivity index (χ3n) is 6.78. The molecule has 1 unspecified atom stereocenters. The van der Waals surface area contributed by atoms with Crippen molar-refractivity contribution in [2.45, 2.75) is 19.4 Å². The standard InChI is InChI=1S/C30H27N7O/c1-20-28(21-10-12-24(13-11-21)37-16-15-31-19-37)36(2)29(33-20)26(18-23-8-5-6-14-32-23)35-30(38)27-17-22-7-3-4-9-25(22)34-27/h3-17,19,26,34H,18H2,1-2H3,(H,35,38). The molecule has 0 fully saturated rings. The summed E-state index contributed by atoms with van der Waals surface area (Å²) in [6.07, 6.45) is 7.73. The number of aryl methyl sites for hydroxylation is 1. The minimum absolute atomic E-state index is 0.186. The van der Waals surface area contributed by atoms with E-state index in [1.54, 1.807) is 18.7 Å². The van der Waals surface area contributed by atoms with E-state index in [2.05, 4.69) is 49.1 Å². The maximum absolute atomic E-state index is 13.4. The Balaban J connectivity index is 1.34. The first-order chi connectivity index (χ1) is 18.6. The maximum Gasteiger partial charge on any atom is 0.268 e. The van der Waals surface area contributed by atoms with Crippen LogP contribution in [-0.4, -0.2) is 35.0 Å². The minimum Gasteiger partial charge on any atom is -0.351 e. The predicted octanol–water partition coefficient (Wildman–Crippen LogP) is 5.17. The van der Waals surface area contributed by atoms with Gasteiger partial charge in [0.05, 0.1) is 23.8 Å². The Morgan fingerprint density at radius 2 is 1.84 bits per heavy atom. The smallest absolute Gasteiger partial charge is 0.268 e. The van der Waals surface area contributed by atoms with Gasteiger partial charge >= 0.3 is 0 Å². The van der Waals surface area contributed by atoms with Crippen LogP contribution in [0.1, 0.15) is 33.7 Å². The topological polar surface area (TPSA) is 93.4 Å². The second-order valence-electron chi connectivity index (χ2n) is 9.30. The molecule has 0 aliphatic rings. The lowest BCUT2D eigenvalue weighted by Gasteiger charge is -2.19. The third kappa shape index (κ3) is 4.48. The number of H-pyrrole nitrogens is 1. The van der Waals surface area contributed by atoms with Gasteiger partial charge in [0.15, 0.2) is 0 Å². The molecule has 38 heavy (non-hydrogen) atoms. The number of hydrogen-bond acceptors (Lipinski definition) is 4. The van der Waals surface area contributed by atoms with E-state index >= 15 is 0 Å². The van der Waals surface area contributed by atoms with Crippen LogP contribution in [0.2, 0.25) is 0 Å². The van der Waals surface area contributed by atoms with Crippen molar-refractivity contribution >= 4 is 16.8 Å². The van der Waals surface area contributed by atoms with Gasteiger partial charge in [0.1, 0.15) is 11.5 Å². The van der Waals surface area contributed by atoms with Crippen LogP contribution in [0.25, 0.3) is 27.8 Å². The molecule has 6 aromatic rings. The molecule has 0 bridgehead atoms. The molecule has 1 atom stereocenters. The van der Waals surface area contributed by atoms with Crippen LogP contribution in [0, 0.1) is 6.92 Å². The van der Waals surface area contributed by atoms with E-state index in [9.17, 15) is 4.79 Å². The molecule has 0 saturated heterocycles. The molecule has 8 nitrogen and oxygen atoms in total. The van der Waals surface area contributed by atoms with Crippen LogP contribution in [-0.2, 0) is 13.5 Å². The maximum atomic E-state index is 13.4. The predicted molar refractivity (Wildman–Crippen MR) is 147 cm³/mol. The average molecular weight is 502 g/mol. The molecule has 0 aliphatic carbocycles. The summed E-state index contributed by atoms with van der Waals surface area (Å²) in [5.41, 5.74) is 6.29. The highest BCUT2D eigenvalue weighted by atomic mass is 16.2. The number of benzene rings is 2. The zero-order valence-electron chi connectivity index (χ0n) is 21.2. The summed E-state index contributed by atoms with van der Waals surface area (Å²) in [6.45, 7) is 2.00. The van der Waals surface area contributed by atoms with Crippen molar-refractivity contribution in [3.8, 4) is 16.9 Å². The summed E-state index contributed by atoms with van der Waals surface area (Å²) in [6, 6.07) is 23.4. The highest BCUT2D eigenvalue weighted by Crippen LogP contribution is 2.29. The first-order valence-electron chi connectivity index (χ1n) is 12.5. The molecule has 188 valence electrons. The quantitative estimate of drug-likeness (QED) is 0.316. The van der Waals surface area contributed by atoms with Crippen LogP contribution in [0.5, 0.6) is 0 Å². The number of para-hydroxylation sites is 1. The van der Waals surface area contributed by atoms with Crippen LogP contribution < -0.4 is 5.32 Å². The zero-order chi connectivity index (χ0) is 26.1. The van der Waals surface area contributed by atoms with Gasteiger partial charge in [-0.1, -0.05) is 36.4 Å². The zero-order valence-corrected chi connectivity index (χ0v) is 21.2. The lowest BCUT2D eigenvalue weighted by molar-refractivity contribution is 0.0929. The lowest BCUT2D eigenvalue weighted by Crippen LogP contribution is -2.32. The fourth-order valence-electron chi connectivity index (χ4n) is 4.94. The van der Waals surface area contributed by atoms with Crippen molar-refractivity contribution in [1.29, 1.82) is 0 Å². The number of amides is 1. The van der Waals surface area contributed by atoms with E-state index in [-0.39, 0.29) is 11.9 Å². The number of carbonyl (C=O) groups is 1. The molecule has 0 radical (unpaired) electrons. The van der Waals surface area contributed by atoms with Gasteiger partial charge in [-0.2, -0.15) is 0 Å². The number of fused-ring (bicyclic) bond motifs is 1. The monoisotopic (exact) mass is 501 g/mol. The molecule has 2 aromatic carbocycles. The van der Waals surface area contributed by atoms with Gasteiger partial charge in [0.2, 0.25) is 0 Å². The lowest BCUT2D eigenvalue weighted by atomic mass is 10.1. The normalized spacial score (nSPS) is 12.1. The highest BCUT2D eigenvalue weighted by molar-refractivity contribution is 5.98. The number of aromatic nitrogens is 6. The second kappa shape index (κ2) is 9.82. The Morgan fingerprint density at radius 1 is 1.03 bits per heavy atom. The fraction of sp³-hybridized carbons (Fsp3) is 0.133. The van der Waals surface area contributed by atoms with Crippen LogP contribution >= 0.6 is 0 Å². The second-order valence-corrected chi connectivity index (χ2v) is 9.30. The molecule has 0 saturated carbocycles. The van der Waals surface area contributed by atoms with Crippen LogP contribution in [0.4, 0.5) is 0 Å².